The molecule has 1 aromatic rings. The lowest BCUT2D eigenvalue weighted by atomic mass is 10.1. The molecule has 2 N–H and O–H groups in total. The van der Waals surface area contributed by atoms with Crippen molar-refractivity contribution in [3.05, 3.63) is 34.6 Å². The monoisotopic (exact) mass is 259 g/mol. The fourth-order valence-electron chi connectivity index (χ4n) is 1.21. The van der Waals surface area contributed by atoms with Crippen LogP contribution in [-0.4, -0.2) is 23.0 Å². The maximum Gasteiger partial charge on any atom is 0.325 e. The van der Waals surface area contributed by atoms with Gasteiger partial charge < -0.3 is 10.4 Å². The van der Waals surface area contributed by atoms with E-state index in [9.17, 15) is 14.0 Å². The molecule has 4 nitrogen and oxygen atoms in total. The van der Waals surface area contributed by atoms with Crippen LogP contribution in [0.2, 0.25) is 5.02 Å². The first-order chi connectivity index (χ1) is 7.90. The predicted molar refractivity (Wildman–Crippen MR) is 60.4 cm³/mol. The van der Waals surface area contributed by atoms with Crippen molar-refractivity contribution < 1.29 is 19.1 Å². The number of carbonyl (C=O) groups is 2. The van der Waals surface area contributed by atoms with Gasteiger partial charge in [-0.25, -0.2) is 4.39 Å². The van der Waals surface area contributed by atoms with E-state index in [1.54, 1.807) is 0 Å². The zero-order valence-corrected chi connectivity index (χ0v) is 9.79. The van der Waals surface area contributed by atoms with Crippen LogP contribution in [0.1, 0.15) is 12.5 Å². The van der Waals surface area contributed by atoms with E-state index in [4.69, 9.17) is 16.7 Å². The SMILES string of the molecule is C[C@H](NC(=O)Cc1cc(F)ccc1Cl)C(=O)O. The number of hydrogen-bond donors (Lipinski definition) is 2. The second kappa shape index (κ2) is 5.63. The molecule has 0 spiro atoms. The molecule has 1 rings (SSSR count). The summed E-state index contributed by atoms with van der Waals surface area (Å²) in [6.07, 6.45) is -0.159. The zero-order chi connectivity index (χ0) is 13.0. The Hall–Kier alpha value is -1.62. The van der Waals surface area contributed by atoms with E-state index in [2.05, 4.69) is 5.32 Å². The molecule has 0 radical (unpaired) electrons. The van der Waals surface area contributed by atoms with Crippen LogP contribution in [-0.2, 0) is 16.0 Å². The molecular formula is C11H11ClFNO3. The number of carbonyl (C=O) groups excluding carboxylic acids is 1. The van der Waals surface area contributed by atoms with Crippen LogP contribution in [0.4, 0.5) is 4.39 Å². The average Bonchev–Trinajstić information content (AvgIpc) is 2.23. The number of aliphatic carboxylic acids is 1. The lowest BCUT2D eigenvalue weighted by Gasteiger charge is -2.09. The molecule has 0 fully saturated rings. The van der Waals surface area contributed by atoms with E-state index in [0.29, 0.717) is 5.56 Å². The second-order valence-corrected chi connectivity index (χ2v) is 3.95. The molecule has 0 aliphatic rings. The van der Waals surface area contributed by atoms with Crippen LogP contribution in [0.15, 0.2) is 18.2 Å². The summed E-state index contributed by atoms with van der Waals surface area (Å²) in [6, 6.07) is 2.69. The minimum atomic E-state index is -1.14. The maximum atomic E-state index is 12.9. The lowest BCUT2D eigenvalue weighted by molar-refractivity contribution is -0.141. The van der Waals surface area contributed by atoms with Crippen molar-refractivity contribution in [1.29, 1.82) is 0 Å². The average molecular weight is 260 g/mol. The van der Waals surface area contributed by atoms with Crippen LogP contribution >= 0.6 is 11.6 Å². The molecule has 0 aromatic heterocycles. The Morgan fingerprint density at radius 1 is 1.53 bits per heavy atom. The van der Waals surface area contributed by atoms with Crippen molar-refractivity contribution in [2.24, 2.45) is 0 Å². The van der Waals surface area contributed by atoms with E-state index in [0.717, 1.165) is 6.07 Å². The largest absolute Gasteiger partial charge is 0.480 e. The summed E-state index contributed by atoms with van der Waals surface area (Å²) in [5.74, 6) is -2.15. The molecule has 0 saturated heterocycles. The van der Waals surface area contributed by atoms with Crippen molar-refractivity contribution in [1.82, 2.24) is 5.32 Å². The van der Waals surface area contributed by atoms with Crippen molar-refractivity contribution in [3.63, 3.8) is 0 Å². The zero-order valence-electron chi connectivity index (χ0n) is 9.04. The van der Waals surface area contributed by atoms with Crippen molar-refractivity contribution >= 4 is 23.5 Å². The van der Waals surface area contributed by atoms with Crippen LogP contribution in [0.5, 0.6) is 0 Å². The Kier molecular flexibility index (Phi) is 4.45. The number of halogens is 2. The molecule has 0 aliphatic carbocycles. The first-order valence-corrected chi connectivity index (χ1v) is 5.24. The number of carboxylic acid groups (broad SMARTS) is 1. The number of amides is 1. The van der Waals surface area contributed by atoms with E-state index >= 15 is 0 Å². The Labute approximate surface area is 102 Å². The Morgan fingerprint density at radius 2 is 2.18 bits per heavy atom. The Bertz CT molecular complexity index is 450. The number of carboxylic acids is 1. The van der Waals surface area contributed by atoms with Gasteiger partial charge in [0.15, 0.2) is 0 Å². The molecule has 1 amide bonds. The summed E-state index contributed by atoms with van der Waals surface area (Å²) in [6.45, 7) is 1.34. The van der Waals surface area contributed by atoms with E-state index < -0.39 is 23.7 Å². The molecule has 0 unspecified atom stereocenters. The minimum absolute atomic E-state index is 0.159. The van der Waals surface area contributed by atoms with E-state index in [1.807, 2.05) is 0 Å². The number of hydrogen-bond acceptors (Lipinski definition) is 2. The molecule has 1 aromatic carbocycles. The summed E-state index contributed by atoms with van der Waals surface area (Å²) in [5, 5.41) is 11.1. The van der Waals surface area contributed by atoms with Gasteiger partial charge in [0.25, 0.3) is 0 Å². The second-order valence-electron chi connectivity index (χ2n) is 3.54. The van der Waals surface area contributed by atoms with Crippen LogP contribution in [0.3, 0.4) is 0 Å². The van der Waals surface area contributed by atoms with Gasteiger partial charge >= 0.3 is 5.97 Å². The molecule has 17 heavy (non-hydrogen) atoms. The molecule has 0 aliphatic heterocycles. The van der Waals surface area contributed by atoms with Gasteiger partial charge in [-0.15, -0.1) is 0 Å². The van der Waals surface area contributed by atoms with Gasteiger partial charge in [-0.2, -0.15) is 0 Å². The Balaban J connectivity index is 2.68. The molecule has 6 heteroatoms. The third-order valence-corrected chi connectivity index (χ3v) is 2.48. The third-order valence-electron chi connectivity index (χ3n) is 2.11. The summed E-state index contributed by atoms with van der Waals surface area (Å²) in [7, 11) is 0. The minimum Gasteiger partial charge on any atom is -0.480 e. The fraction of sp³-hybridized carbons (Fsp3) is 0.273. The van der Waals surface area contributed by atoms with Crippen molar-refractivity contribution in [2.75, 3.05) is 0 Å². The normalized spacial score (nSPS) is 11.9. The fourth-order valence-corrected chi connectivity index (χ4v) is 1.39. The maximum absolute atomic E-state index is 12.9. The number of rotatable bonds is 4. The van der Waals surface area contributed by atoms with Crippen LogP contribution in [0.25, 0.3) is 0 Å². The quantitative estimate of drug-likeness (QED) is 0.863. The summed E-state index contributed by atoms with van der Waals surface area (Å²) < 4.78 is 12.9. The van der Waals surface area contributed by atoms with Gasteiger partial charge in [0.1, 0.15) is 11.9 Å². The van der Waals surface area contributed by atoms with Gasteiger partial charge in [0, 0.05) is 5.02 Å². The molecule has 0 heterocycles. The summed E-state index contributed by atoms with van der Waals surface area (Å²) in [5.41, 5.74) is 0.321. The van der Waals surface area contributed by atoms with Crippen LogP contribution in [0, 0.1) is 5.82 Å². The highest BCUT2D eigenvalue weighted by molar-refractivity contribution is 6.31. The number of nitrogens with one attached hydrogen (secondary N) is 1. The standard InChI is InChI=1S/C11H11ClFNO3/c1-6(11(16)17)14-10(15)5-7-4-8(13)2-3-9(7)12/h2-4,6H,5H2,1H3,(H,14,15)(H,16,17)/t6-/m0/s1. The topological polar surface area (TPSA) is 66.4 Å². The van der Waals surface area contributed by atoms with Crippen LogP contribution < -0.4 is 5.32 Å². The van der Waals surface area contributed by atoms with Crippen molar-refractivity contribution in [2.45, 2.75) is 19.4 Å². The first kappa shape index (κ1) is 13.4. The predicted octanol–water partition coefficient (Wildman–Crippen LogP) is 1.61. The van der Waals surface area contributed by atoms with E-state index in [-0.39, 0.29) is 11.4 Å². The Morgan fingerprint density at radius 3 is 2.76 bits per heavy atom. The highest BCUT2D eigenvalue weighted by atomic mass is 35.5. The molecular weight excluding hydrogens is 249 g/mol. The van der Waals surface area contributed by atoms with E-state index in [1.165, 1.54) is 19.1 Å². The smallest absolute Gasteiger partial charge is 0.325 e. The number of benzene rings is 1. The highest BCUT2D eigenvalue weighted by Gasteiger charge is 2.15. The summed E-state index contributed by atoms with van der Waals surface area (Å²) >= 11 is 5.78. The van der Waals surface area contributed by atoms with Gasteiger partial charge in [-0.05, 0) is 30.7 Å². The first-order valence-electron chi connectivity index (χ1n) is 4.86. The molecule has 1 atom stereocenters. The van der Waals surface area contributed by atoms with Gasteiger partial charge in [0.2, 0.25) is 5.91 Å². The molecule has 92 valence electrons. The van der Waals surface area contributed by atoms with Crippen molar-refractivity contribution in [3.8, 4) is 0 Å². The highest BCUT2D eigenvalue weighted by Crippen LogP contribution is 2.17. The lowest BCUT2D eigenvalue weighted by Crippen LogP contribution is -2.39. The molecule has 0 saturated carbocycles. The summed E-state index contributed by atoms with van der Waals surface area (Å²) in [4.78, 5) is 21.9. The van der Waals surface area contributed by atoms with Gasteiger partial charge in [0.05, 0.1) is 6.42 Å². The third kappa shape index (κ3) is 4.03. The van der Waals surface area contributed by atoms with Gasteiger partial charge in [-0.1, -0.05) is 11.6 Å². The molecule has 0 bridgehead atoms. The van der Waals surface area contributed by atoms with Gasteiger partial charge in [-0.3, -0.25) is 9.59 Å².